The number of piperidine rings is 1. The van der Waals surface area contributed by atoms with Crippen LogP contribution in [0.2, 0.25) is 0 Å². The first kappa shape index (κ1) is 13.1. The van der Waals surface area contributed by atoms with Gasteiger partial charge in [0.1, 0.15) is 0 Å². The summed E-state index contributed by atoms with van der Waals surface area (Å²) in [5, 5.41) is 0. The third kappa shape index (κ3) is 2.74. The van der Waals surface area contributed by atoms with Crippen LogP contribution in [0.15, 0.2) is 10.5 Å². The number of aryl methyl sites for hydroxylation is 1. The number of carbonyl (C=O) groups is 1. The van der Waals surface area contributed by atoms with E-state index in [2.05, 4.69) is 29.8 Å². The summed E-state index contributed by atoms with van der Waals surface area (Å²) in [6.45, 7) is 5.19. The van der Waals surface area contributed by atoms with Crippen molar-refractivity contribution in [2.24, 2.45) is 0 Å². The Morgan fingerprint density at radius 3 is 2.94 bits per heavy atom. The Hall–Kier alpha value is -0.350. The van der Waals surface area contributed by atoms with Crippen LogP contribution < -0.4 is 0 Å². The summed E-state index contributed by atoms with van der Waals surface area (Å²) in [4.78, 5) is 16.6. The van der Waals surface area contributed by atoms with Crippen molar-refractivity contribution in [1.82, 2.24) is 4.90 Å². The second-order valence-corrected chi connectivity index (χ2v) is 6.57. The number of hydrogen-bond donors (Lipinski definition) is 0. The molecular formula is C13H18BrNOS. The van der Waals surface area contributed by atoms with Crippen LogP contribution in [0.1, 0.15) is 47.7 Å². The maximum absolute atomic E-state index is 12.4. The predicted molar refractivity (Wildman–Crippen MR) is 75.7 cm³/mol. The van der Waals surface area contributed by atoms with Crippen LogP contribution in [-0.4, -0.2) is 23.4 Å². The first-order chi connectivity index (χ1) is 8.13. The number of thiophene rings is 1. The molecule has 0 bridgehead atoms. The molecule has 1 amide bonds. The van der Waals surface area contributed by atoms with E-state index < -0.39 is 0 Å². The largest absolute Gasteiger partial charge is 0.335 e. The molecular weight excluding hydrogens is 298 g/mol. The van der Waals surface area contributed by atoms with Gasteiger partial charge in [0, 0.05) is 21.9 Å². The van der Waals surface area contributed by atoms with Crippen molar-refractivity contribution in [3.05, 3.63) is 20.3 Å². The Morgan fingerprint density at radius 2 is 2.35 bits per heavy atom. The second kappa shape index (κ2) is 5.53. The summed E-state index contributed by atoms with van der Waals surface area (Å²) in [7, 11) is 0. The van der Waals surface area contributed by atoms with Crippen molar-refractivity contribution < 1.29 is 4.79 Å². The molecule has 2 rings (SSSR count). The molecule has 0 spiro atoms. The highest BCUT2D eigenvalue weighted by atomic mass is 79.9. The van der Waals surface area contributed by atoms with Crippen molar-refractivity contribution in [3.63, 3.8) is 0 Å². The summed E-state index contributed by atoms with van der Waals surface area (Å²) in [5.41, 5.74) is 0. The molecule has 0 aromatic carbocycles. The lowest BCUT2D eigenvalue weighted by atomic mass is 10.0. The number of rotatable bonds is 2. The molecule has 1 aliphatic heterocycles. The minimum Gasteiger partial charge on any atom is -0.335 e. The van der Waals surface area contributed by atoms with Crippen molar-refractivity contribution in [2.75, 3.05) is 6.54 Å². The van der Waals surface area contributed by atoms with Gasteiger partial charge in [-0.25, -0.2) is 0 Å². The number of hydrogen-bond acceptors (Lipinski definition) is 2. The van der Waals surface area contributed by atoms with Gasteiger partial charge < -0.3 is 4.90 Å². The van der Waals surface area contributed by atoms with Gasteiger partial charge in [-0.2, -0.15) is 0 Å². The molecule has 0 aliphatic carbocycles. The Labute approximate surface area is 115 Å². The van der Waals surface area contributed by atoms with Crippen molar-refractivity contribution in [1.29, 1.82) is 0 Å². The van der Waals surface area contributed by atoms with Crippen LogP contribution in [0, 0.1) is 0 Å². The highest BCUT2D eigenvalue weighted by Crippen LogP contribution is 2.30. The van der Waals surface area contributed by atoms with Gasteiger partial charge in [-0.1, -0.05) is 6.92 Å². The van der Waals surface area contributed by atoms with Crippen LogP contribution >= 0.6 is 27.3 Å². The normalized spacial score (nSPS) is 20.6. The fourth-order valence-corrected chi connectivity index (χ4v) is 4.15. The van der Waals surface area contributed by atoms with Gasteiger partial charge in [-0.05, 0) is 54.6 Å². The zero-order valence-corrected chi connectivity index (χ0v) is 12.7. The highest BCUT2D eigenvalue weighted by Gasteiger charge is 2.25. The first-order valence-corrected chi connectivity index (χ1v) is 7.83. The van der Waals surface area contributed by atoms with E-state index in [1.54, 1.807) is 11.3 Å². The molecule has 94 valence electrons. The standard InChI is InChI=1S/C13H18BrNOS/c1-3-11-10(14)8-12(17-11)13(16)15-7-5-4-6-9(15)2/h8-9H,3-7H2,1-2H3/t9-/m1/s1. The number of nitrogens with zero attached hydrogens (tertiary/aromatic N) is 1. The van der Waals surface area contributed by atoms with Gasteiger partial charge in [0.25, 0.3) is 5.91 Å². The van der Waals surface area contributed by atoms with E-state index in [9.17, 15) is 4.79 Å². The highest BCUT2D eigenvalue weighted by molar-refractivity contribution is 9.10. The van der Waals surface area contributed by atoms with Gasteiger partial charge in [-0.15, -0.1) is 11.3 Å². The average molecular weight is 316 g/mol. The Kier molecular flexibility index (Phi) is 4.26. The molecule has 17 heavy (non-hydrogen) atoms. The van der Waals surface area contributed by atoms with Crippen molar-refractivity contribution in [3.8, 4) is 0 Å². The second-order valence-electron chi connectivity index (χ2n) is 4.58. The monoisotopic (exact) mass is 315 g/mol. The molecule has 0 unspecified atom stereocenters. The Morgan fingerprint density at radius 1 is 1.59 bits per heavy atom. The summed E-state index contributed by atoms with van der Waals surface area (Å²) >= 11 is 5.15. The van der Waals surface area contributed by atoms with Crippen molar-refractivity contribution in [2.45, 2.75) is 45.6 Å². The van der Waals surface area contributed by atoms with Gasteiger partial charge in [0.2, 0.25) is 0 Å². The lowest BCUT2D eigenvalue weighted by molar-refractivity contribution is 0.0640. The molecule has 0 saturated carbocycles. The lowest BCUT2D eigenvalue weighted by Gasteiger charge is -2.33. The quantitative estimate of drug-likeness (QED) is 0.805. The topological polar surface area (TPSA) is 20.3 Å². The van der Waals surface area contributed by atoms with E-state index in [4.69, 9.17) is 0 Å². The number of likely N-dealkylation sites (tertiary alicyclic amines) is 1. The zero-order valence-electron chi connectivity index (χ0n) is 10.3. The van der Waals surface area contributed by atoms with Crippen LogP contribution in [0.3, 0.4) is 0 Å². The van der Waals surface area contributed by atoms with Crippen LogP contribution in [0.5, 0.6) is 0 Å². The van der Waals surface area contributed by atoms with E-state index in [0.717, 1.165) is 35.2 Å². The van der Waals surface area contributed by atoms with E-state index in [1.807, 2.05) is 11.0 Å². The fourth-order valence-electron chi connectivity index (χ4n) is 2.29. The van der Waals surface area contributed by atoms with Gasteiger partial charge in [0.05, 0.1) is 4.88 Å². The summed E-state index contributed by atoms with van der Waals surface area (Å²) < 4.78 is 1.08. The average Bonchev–Trinajstić information content (AvgIpc) is 2.70. The van der Waals surface area contributed by atoms with Crippen molar-refractivity contribution >= 4 is 33.2 Å². The minimum absolute atomic E-state index is 0.211. The SMILES string of the molecule is CCc1sc(C(=O)N2CCCC[C@H]2C)cc1Br. The summed E-state index contributed by atoms with van der Waals surface area (Å²) in [6, 6.07) is 2.37. The molecule has 1 fully saturated rings. The maximum Gasteiger partial charge on any atom is 0.264 e. The molecule has 2 heterocycles. The van der Waals surface area contributed by atoms with E-state index in [1.165, 1.54) is 11.3 Å². The third-order valence-corrected chi connectivity index (χ3v) is 5.59. The summed E-state index contributed by atoms with van der Waals surface area (Å²) in [5.74, 6) is 0.211. The molecule has 1 aromatic heterocycles. The number of halogens is 1. The zero-order chi connectivity index (χ0) is 12.4. The number of carbonyl (C=O) groups excluding carboxylic acids is 1. The lowest BCUT2D eigenvalue weighted by Crippen LogP contribution is -2.41. The van der Waals surface area contributed by atoms with Gasteiger partial charge >= 0.3 is 0 Å². The van der Waals surface area contributed by atoms with E-state index >= 15 is 0 Å². The third-order valence-electron chi connectivity index (χ3n) is 3.35. The Bertz CT molecular complexity index is 416. The molecule has 2 nitrogen and oxygen atoms in total. The van der Waals surface area contributed by atoms with Gasteiger partial charge in [0.15, 0.2) is 0 Å². The minimum atomic E-state index is 0.211. The predicted octanol–water partition coefficient (Wildman–Crippen LogP) is 4.09. The first-order valence-electron chi connectivity index (χ1n) is 6.22. The van der Waals surface area contributed by atoms with Crippen LogP contribution in [0.4, 0.5) is 0 Å². The molecule has 1 aliphatic rings. The molecule has 1 aromatic rings. The molecule has 0 N–H and O–H groups in total. The molecule has 4 heteroatoms. The smallest absolute Gasteiger partial charge is 0.264 e. The fraction of sp³-hybridized carbons (Fsp3) is 0.615. The Balaban J connectivity index is 2.17. The number of amides is 1. The van der Waals surface area contributed by atoms with Gasteiger partial charge in [-0.3, -0.25) is 4.79 Å². The molecule has 1 saturated heterocycles. The van der Waals surface area contributed by atoms with Crippen LogP contribution in [0.25, 0.3) is 0 Å². The van der Waals surface area contributed by atoms with E-state index in [0.29, 0.717) is 6.04 Å². The molecule has 0 radical (unpaired) electrons. The van der Waals surface area contributed by atoms with E-state index in [-0.39, 0.29) is 5.91 Å². The maximum atomic E-state index is 12.4. The summed E-state index contributed by atoms with van der Waals surface area (Å²) in [6.07, 6.45) is 4.51. The molecule has 1 atom stereocenters. The van der Waals surface area contributed by atoms with Crippen LogP contribution in [-0.2, 0) is 6.42 Å².